The number of nitrogen functional groups attached to an aromatic ring is 1. The summed E-state index contributed by atoms with van der Waals surface area (Å²) in [5, 5.41) is 37.6. The lowest BCUT2D eigenvalue weighted by atomic mass is 9.93. The van der Waals surface area contributed by atoms with E-state index in [4.69, 9.17) is 32.7 Å². The second-order valence-electron chi connectivity index (χ2n) is 7.79. The number of benzene rings is 1. The molecule has 0 amide bonds. The predicted molar refractivity (Wildman–Crippen MR) is 130 cm³/mol. The molecule has 1 aliphatic rings. The molecular formula is C22H25ClN8O2. The normalized spacial score (nSPS) is 15.8. The zero-order valence-electron chi connectivity index (χ0n) is 18.1. The summed E-state index contributed by atoms with van der Waals surface area (Å²) in [6.07, 6.45) is 5.91. The van der Waals surface area contributed by atoms with Crippen molar-refractivity contribution in [2.24, 2.45) is 5.16 Å². The molecule has 0 spiro atoms. The van der Waals surface area contributed by atoms with Gasteiger partial charge >= 0.3 is 0 Å². The smallest absolute Gasteiger partial charge is 0.158 e. The molecule has 172 valence electrons. The van der Waals surface area contributed by atoms with Gasteiger partial charge in [-0.3, -0.25) is 0 Å². The summed E-state index contributed by atoms with van der Waals surface area (Å²) in [5.41, 5.74) is 8.27. The summed E-state index contributed by atoms with van der Waals surface area (Å²) in [6.45, 7) is 0.436. The van der Waals surface area contributed by atoms with Gasteiger partial charge in [0.25, 0.3) is 0 Å². The van der Waals surface area contributed by atoms with Crippen molar-refractivity contribution in [3.63, 3.8) is 0 Å². The van der Waals surface area contributed by atoms with E-state index in [2.05, 4.69) is 31.0 Å². The Labute approximate surface area is 195 Å². The number of oxime groups is 1. The number of fused-ring (bicyclic) bond motifs is 1. The van der Waals surface area contributed by atoms with Crippen molar-refractivity contribution in [2.75, 3.05) is 23.5 Å². The molecule has 1 aliphatic carbocycles. The van der Waals surface area contributed by atoms with Gasteiger partial charge in [0.1, 0.15) is 11.6 Å². The van der Waals surface area contributed by atoms with E-state index in [-0.39, 0.29) is 11.9 Å². The number of hydrogen-bond acceptors (Lipinski definition) is 10. The van der Waals surface area contributed by atoms with Crippen LogP contribution in [0.5, 0.6) is 5.75 Å². The number of methoxy groups -OCH3 is 1. The van der Waals surface area contributed by atoms with E-state index in [9.17, 15) is 0 Å². The van der Waals surface area contributed by atoms with Gasteiger partial charge in [-0.05, 0) is 43.4 Å². The van der Waals surface area contributed by atoms with E-state index < -0.39 is 0 Å². The maximum Gasteiger partial charge on any atom is 0.158 e. The predicted octanol–water partition coefficient (Wildman–Crippen LogP) is 4.06. The van der Waals surface area contributed by atoms with Crippen LogP contribution in [0.25, 0.3) is 10.8 Å². The van der Waals surface area contributed by atoms with Crippen LogP contribution in [-0.2, 0) is 6.54 Å². The second-order valence-corrected chi connectivity index (χ2v) is 8.20. The molecule has 10 nitrogen and oxygen atoms in total. The fourth-order valence-corrected chi connectivity index (χ4v) is 4.23. The summed E-state index contributed by atoms with van der Waals surface area (Å²) in [7, 11) is 1.57. The zero-order chi connectivity index (χ0) is 23.4. The van der Waals surface area contributed by atoms with Crippen LogP contribution in [0.15, 0.2) is 29.6 Å². The molecule has 1 fully saturated rings. The number of nitrogens with one attached hydrogen (secondary N) is 3. The van der Waals surface area contributed by atoms with Crippen molar-refractivity contribution in [3.8, 4) is 5.75 Å². The third-order valence-corrected chi connectivity index (χ3v) is 6.05. The van der Waals surface area contributed by atoms with Crippen molar-refractivity contribution in [2.45, 2.75) is 38.3 Å². The molecule has 33 heavy (non-hydrogen) atoms. The van der Waals surface area contributed by atoms with Crippen LogP contribution in [0, 0.1) is 5.41 Å². The fourth-order valence-electron chi connectivity index (χ4n) is 3.95. The molecule has 3 aromatic rings. The third-order valence-electron chi connectivity index (χ3n) is 5.75. The number of ether oxygens (including phenoxy) is 1. The second kappa shape index (κ2) is 9.86. The molecule has 0 unspecified atom stereocenters. The molecule has 0 radical (unpaired) electrons. The lowest BCUT2D eigenvalue weighted by molar-refractivity contribution is 0.313. The molecule has 0 aliphatic heterocycles. The van der Waals surface area contributed by atoms with Crippen LogP contribution in [-0.4, -0.2) is 45.5 Å². The Kier molecular flexibility index (Phi) is 6.74. The number of hydrogen-bond donors (Lipinski definition) is 5. The van der Waals surface area contributed by atoms with E-state index in [1.165, 1.54) is 6.21 Å². The van der Waals surface area contributed by atoms with Gasteiger partial charge in [-0.15, -0.1) is 10.2 Å². The van der Waals surface area contributed by atoms with E-state index in [0.717, 1.165) is 42.3 Å². The van der Waals surface area contributed by atoms with E-state index >= 15 is 0 Å². The van der Waals surface area contributed by atoms with Gasteiger partial charge in [0, 0.05) is 41.3 Å². The average Bonchev–Trinajstić information content (AvgIpc) is 2.84. The van der Waals surface area contributed by atoms with E-state index in [0.29, 0.717) is 39.9 Å². The highest BCUT2D eigenvalue weighted by Crippen LogP contribution is 2.32. The van der Waals surface area contributed by atoms with Crippen molar-refractivity contribution in [1.82, 2.24) is 15.2 Å². The number of nitrogens with zero attached hydrogens (tertiary/aromatic N) is 4. The van der Waals surface area contributed by atoms with Crippen LogP contribution < -0.4 is 21.1 Å². The standard InChI is InChI=1S/C22H25ClN8O2/c1-33-18-7-2-12(8-17(18)23)10-27-22-19-15(9-24)20(25)26-11-16(19)21(29-30-22)28-13-3-5-14(31-32)6-4-13/h2,7-9,11,13,24,32H,3-6,10H2,1H3,(H2,25,26)(H,27,30)(H,28,29). The first-order valence-electron chi connectivity index (χ1n) is 10.5. The molecule has 6 N–H and O–H groups in total. The number of anilines is 3. The number of nitrogens with two attached hydrogens (primary N) is 1. The van der Waals surface area contributed by atoms with E-state index in [1.807, 2.05) is 12.1 Å². The molecule has 0 saturated heterocycles. The first kappa shape index (κ1) is 22.5. The summed E-state index contributed by atoms with van der Waals surface area (Å²) >= 11 is 6.24. The van der Waals surface area contributed by atoms with Crippen molar-refractivity contribution in [1.29, 1.82) is 5.41 Å². The molecule has 1 aromatic carbocycles. The van der Waals surface area contributed by atoms with Gasteiger partial charge in [0.15, 0.2) is 11.6 Å². The summed E-state index contributed by atoms with van der Waals surface area (Å²) in [4.78, 5) is 4.25. The van der Waals surface area contributed by atoms with Gasteiger partial charge in [0.2, 0.25) is 0 Å². The number of aromatic nitrogens is 3. The third kappa shape index (κ3) is 4.75. The Balaban J connectivity index is 1.64. The van der Waals surface area contributed by atoms with Crippen molar-refractivity contribution < 1.29 is 9.94 Å². The highest BCUT2D eigenvalue weighted by molar-refractivity contribution is 6.32. The topological polar surface area (TPSA) is 154 Å². The molecule has 0 atom stereocenters. The molecular weight excluding hydrogens is 444 g/mol. The zero-order valence-corrected chi connectivity index (χ0v) is 18.9. The first-order valence-corrected chi connectivity index (χ1v) is 10.9. The van der Waals surface area contributed by atoms with Crippen LogP contribution in [0.1, 0.15) is 36.8 Å². The average molecular weight is 469 g/mol. The maximum atomic E-state index is 8.98. The van der Waals surface area contributed by atoms with Gasteiger partial charge in [-0.25, -0.2) is 4.98 Å². The number of pyridine rings is 1. The Morgan fingerprint density at radius 3 is 2.73 bits per heavy atom. The maximum absolute atomic E-state index is 8.98. The van der Waals surface area contributed by atoms with Gasteiger partial charge in [0.05, 0.1) is 17.8 Å². The van der Waals surface area contributed by atoms with Crippen molar-refractivity contribution in [3.05, 3.63) is 40.5 Å². The monoisotopic (exact) mass is 468 g/mol. The SMILES string of the molecule is COc1ccc(CNc2nnc(NC3CCC(=NO)CC3)c3cnc(N)c(C=N)c23)cc1Cl. The van der Waals surface area contributed by atoms with Crippen LogP contribution >= 0.6 is 11.6 Å². The van der Waals surface area contributed by atoms with Crippen LogP contribution in [0.2, 0.25) is 5.02 Å². The van der Waals surface area contributed by atoms with Crippen LogP contribution in [0.4, 0.5) is 17.5 Å². The highest BCUT2D eigenvalue weighted by Gasteiger charge is 2.21. The molecule has 11 heteroatoms. The summed E-state index contributed by atoms with van der Waals surface area (Å²) in [5.74, 6) is 1.92. The van der Waals surface area contributed by atoms with Crippen molar-refractivity contribution >= 4 is 51.8 Å². The molecule has 4 rings (SSSR count). The Morgan fingerprint density at radius 2 is 2.06 bits per heavy atom. The minimum absolute atomic E-state index is 0.161. The largest absolute Gasteiger partial charge is 0.495 e. The Morgan fingerprint density at radius 1 is 1.30 bits per heavy atom. The lowest BCUT2D eigenvalue weighted by Crippen LogP contribution is -2.27. The Bertz CT molecular complexity index is 1210. The van der Waals surface area contributed by atoms with Crippen LogP contribution in [0.3, 0.4) is 0 Å². The highest BCUT2D eigenvalue weighted by atomic mass is 35.5. The Hall–Kier alpha value is -3.66. The minimum Gasteiger partial charge on any atom is -0.495 e. The molecule has 2 aromatic heterocycles. The quantitative estimate of drug-likeness (QED) is 0.197. The van der Waals surface area contributed by atoms with Gasteiger partial charge < -0.3 is 31.7 Å². The number of halogens is 1. The van der Waals surface area contributed by atoms with E-state index in [1.54, 1.807) is 19.4 Å². The summed E-state index contributed by atoms with van der Waals surface area (Å²) in [6, 6.07) is 5.69. The molecule has 2 heterocycles. The fraction of sp³-hybridized carbons (Fsp3) is 0.318. The van der Waals surface area contributed by atoms with Gasteiger partial charge in [-0.2, -0.15) is 0 Å². The molecule has 0 bridgehead atoms. The summed E-state index contributed by atoms with van der Waals surface area (Å²) < 4.78 is 5.21. The van der Waals surface area contributed by atoms with Gasteiger partial charge in [-0.1, -0.05) is 22.8 Å². The molecule has 1 saturated carbocycles. The minimum atomic E-state index is 0.161. The lowest BCUT2D eigenvalue weighted by Gasteiger charge is -2.24. The number of rotatable bonds is 7. The first-order chi connectivity index (χ1) is 16.0.